The van der Waals surface area contributed by atoms with Crippen LogP contribution in [0.25, 0.3) is 0 Å². The quantitative estimate of drug-likeness (QED) is 0.519. The van der Waals surface area contributed by atoms with Gasteiger partial charge in [0.2, 0.25) is 0 Å². The van der Waals surface area contributed by atoms with E-state index in [1.54, 1.807) is 0 Å². The minimum Gasteiger partial charge on any atom is -0.388 e. The summed E-state index contributed by atoms with van der Waals surface area (Å²) < 4.78 is 0. The van der Waals surface area contributed by atoms with Gasteiger partial charge in [-0.3, -0.25) is 4.99 Å². The lowest BCUT2D eigenvalue weighted by Gasteiger charge is -2.39. The highest BCUT2D eigenvalue weighted by Gasteiger charge is 2.36. The molecule has 1 aliphatic rings. The first-order valence-electron chi connectivity index (χ1n) is 6.51. The minimum atomic E-state index is -0.654. The van der Waals surface area contributed by atoms with Crippen LogP contribution in [-0.4, -0.2) is 29.3 Å². The molecule has 1 rings (SSSR count). The number of aliphatic hydroxyl groups is 1. The summed E-state index contributed by atoms with van der Waals surface area (Å²) in [5.74, 6) is 0.429. The number of aliphatic imine (C=N–C) groups is 1. The third-order valence-electron chi connectivity index (χ3n) is 3.51. The third kappa shape index (κ3) is 4.94. The molecule has 17 heavy (non-hydrogen) atoms. The topological polar surface area (TPSA) is 70.6 Å². The molecule has 1 fully saturated rings. The SMILES string of the molecule is CC(C)NC(N)=NCC1(O)CCC(C)(C)CC1. The lowest BCUT2D eigenvalue weighted by molar-refractivity contribution is -0.0175. The number of nitrogens with two attached hydrogens (primary N) is 1. The van der Waals surface area contributed by atoms with E-state index in [0.29, 0.717) is 17.9 Å². The van der Waals surface area contributed by atoms with Crippen LogP contribution >= 0.6 is 0 Å². The van der Waals surface area contributed by atoms with Gasteiger partial charge in [-0.15, -0.1) is 0 Å². The molecule has 0 spiro atoms. The van der Waals surface area contributed by atoms with E-state index in [-0.39, 0.29) is 6.04 Å². The van der Waals surface area contributed by atoms with Crippen LogP contribution in [0.5, 0.6) is 0 Å². The Hall–Kier alpha value is -0.770. The van der Waals surface area contributed by atoms with Crippen molar-refractivity contribution in [3.8, 4) is 0 Å². The van der Waals surface area contributed by atoms with Crippen molar-refractivity contribution in [1.82, 2.24) is 5.32 Å². The lowest BCUT2D eigenvalue weighted by Crippen LogP contribution is -2.42. The van der Waals surface area contributed by atoms with E-state index in [4.69, 9.17) is 5.73 Å². The van der Waals surface area contributed by atoms with Crippen LogP contribution in [-0.2, 0) is 0 Å². The first-order chi connectivity index (χ1) is 7.72. The molecule has 0 bridgehead atoms. The summed E-state index contributed by atoms with van der Waals surface area (Å²) in [6.45, 7) is 8.95. The van der Waals surface area contributed by atoms with E-state index in [2.05, 4.69) is 24.2 Å². The van der Waals surface area contributed by atoms with Crippen molar-refractivity contribution in [2.75, 3.05) is 6.54 Å². The van der Waals surface area contributed by atoms with E-state index >= 15 is 0 Å². The molecule has 0 aromatic carbocycles. The third-order valence-corrected chi connectivity index (χ3v) is 3.51. The summed E-state index contributed by atoms with van der Waals surface area (Å²) in [7, 11) is 0. The Kier molecular flexibility index (Phi) is 4.42. The summed E-state index contributed by atoms with van der Waals surface area (Å²) in [5.41, 5.74) is 5.44. The van der Waals surface area contributed by atoms with E-state index in [1.165, 1.54) is 0 Å². The largest absolute Gasteiger partial charge is 0.388 e. The summed E-state index contributed by atoms with van der Waals surface area (Å²) in [4.78, 5) is 4.24. The van der Waals surface area contributed by atoms with Crippen LogP contribution in [0.2, 0.25) is 0 Å². The number of guanidine groups is 1. The molecular formula is C13H27N3O. The average molecular weight is 241 g/mol. The van der Waals surface area contributed by atoms with Crippen LogP contribution in [0.1, 0.15) is 53.4 Å². The van der Waals surface area contributed by atoms with Gasteiger partial charge in [-0.25, -0.2) is 0 Å². The fraction of sp³-hybridized carbons (Fsp3) is 0.923. The van der Waals surface area contributed by atoms with E-state index in [1.807, 2.05) is 13.8 Å². The van der Waals surface area contributed by atoms with Crippen molar-refractivity contribution in [3.05, 3.63) is 0 Å². The molecular weight excluding hydrogens is 214 g/mol. The Morgan fingerprint density at radius 1 is 1.29 bits per heavy atom. The fourth-order valence-corrected chi connectivity index (χ4v) is 2.12. The molecule has 0 unspecified atom stereocenters. The summed E-state index contributed by atoms with van der Waals surface area (Å²) in [5, 5.41) is 13.4. The smallest absolute Gasteiger partial charge is 0.188 e. The number of nitrogens with one attached hydrogen (secondary N) is 1. The van der Waals surface area contributed by atoms with Gasteiger partial charge >= 0.3 is 0 Å². The Balaban J connectivity index is 2.46. The number of hydrogen-bond acceptors (Lipinski definition) is 2. The molecule has 0 radical (unpaired) electrons. The van der Waals surface area contributed by atoms with Crippen molar-refractivity contribution in [2.24, 2.45) is 16.1 Å². The second-order valence-corrected chi connectivity index (χ2v) is 6.39. The maximum absolute atomic E-state index is 10.4. The second kappa shape index (κ2) is 5.25. The Morgan fingerprint density at radius 3 is 2.29 bits per heavy atom. The van der Waals surface area contributed by atoms with Crippen molar-refractivity contribution >= 4 is 5.96 Å². The first kappa shape index (κ1) is 14.3. The zero-order chi connectivity index (χ0) is 13.1. The van der Waals surface area contributed by atoms with Crippen molar-refractivity contribution < 1.29 is 5.11 Å². The van der Waals surface area contributed by atoms with E-state index < -0.39 is 5.60 Å². The molecule has 0 aromatic heterocycles. The number of nitrogens with zero attached hydrogens (tertiary/aromatic N) is 1. The van der Waals surface area contributed by atoms with Crippen LogP contribution in [0.4, 0.5) is 0 Å². The van der Waals surface area contributed by atoms with Gasteiger partial charge in [-0.2, -0.15) is 0 Å². The molecule has 0 aliphatic heterocycles. The lowest BCUT2D eigenvalue weighted by atomic mass is 9.71. The van der Waals surface area contributed by atoms with Crippen molar-refractivity contribution in [1.29, 1.82) is 0 Å². The van der Waals surface area contributed by atoms with E-state index in [9.17, 15) is 5.11 Å². The Bertz CT molecular complexity index is 274. The molecule has 1 saturated carbocycles. The van der Waals surface area contributed by atoms with Gasteiger partial charge in [0.1, 0.15) is 0 Å². The highest BCUT2D eigenvalue weighted by molar-refractivity contribution is 5.78. The van der Waals surface area contributed by atoms with Crippen molar-refractivity contribution in [3.63, 3.8) is 0 Å². The first-order valence-corrected chi connectivity index (χ1v) is 6.51. The van der Waals surface area contributed by atoms with Gasteiger partial charge in [-0.1, -0.05) is 13.8 Å². The zero-order valence-corrected chi connectivity index (χ0v) is 11.6. The highest BCUT2D eigenvalue weighted by atomic mass is 16.3. The standard InChI is InChI=1S/C13H27N3O/c1-10(2)16-11(14)15-9-13(17)7-5-12(3,4)6-8-13/h10,17H,5-9H2,1-4H3,(H3,14,15,16). The van der Waals surface area contributed by atoms with Gasteiger partial charge in [-0.05, 0) is 44.9 Å². The molecule has 4 nitrogen and oxygen atoms in total. The predicted molar refractivity (Wildman–Crippen MR) is 72.0 cm³/mol. The summed E-state index contributed by atoms with van der Waals surface area (Å²) in [6, 6.07) is 0.277. The zero-order valence-electron chi connectivity index (χ0n) is 11.6. The molecule has 1 aliphatic carbocycles. The number of hydrogen-bond donors (Lipinski definition) is 3. The van der Waals surface area contributed by atoms with Gasteiger partial charge in [0, 0.05) is 6.04 Å². The van der Waals surface area contributed by atoms with Gasteiger partial charge in [0.15, 0.2) is 5.96 Å². The summed E-state index contributed by atoms with van der Waals surface area (Å²) in [6.07, 6.45) is 3.74. The molecule has 0 aromatic rings. The highest BCUT2D eigenvalue weighted by Crippen LogP contribution is 2.40. The molecule has 0 amide bonds. The normalized spacial score (nSPS) is 23.8. The van der Waals surface area contributed by atoms with Crippen molar-refractivity contribution in [2.45, 2.75) is 65.0 Å². The molecule has 100 valence electrons. The predicted octanol–water partition coefficient (Wildman–Crippen LogP) is 1.63. The van der Waals surface area contributed by atoms with Gasteiger partial charge < -0.3 is 16.2 Å². The second-order valence-electron chi connectivity index (χ2n) is 6.39. The van der Waals surface area contributed by atoms with Crippen LogP contribution in [0.3, 0.4) is 0 Å². The molecule has 4 heteroatoms. The van der Waals surface area contributed by atoms with E-state index in [0.717, 1.165) is 25.7 Å². The Labute approximate surface area is 105 Å². The maximum Gasteiger partial charge on any atom is 0.188 e. The molecule has 0 atom stereocenters. The minimum absolute atomic E-state index is 0.277. The fourth-order valence-electron chi connectivity index (χ4n) is 2.12. The Morgan fingerprint density at radius 2 is 1.82 bits per heavy atom. The number of rotatable bonds is 3. The average Bonchev–Trinajstić information content (AvgIpc) is 2.20. The monoisotopic (exact) mass is 241 g/mol. The summed E-state index contributed by atoms with van der Waals surface area (Å²) >= 11 is 0. The van der Waals surface area contributed by atoms with Crippen LogP contribution in [0, 0.1) is 5.41 Å². The molecule has 0 saturated heterocycles. The van der Waals surface area contributed by atoms with Crippen LogP contribution in [0.15, 0.2) is 4.99 Å². The van der Waals surface area contributed by atoms with Gasteiger partial charge in [0.25, 0.3) is 0 Å². The molecule has 0 heterocycles. The van der Waals surface area contributed by atoms with Crippen LogP contribution < -0.4 is 11.1 Å². The van der Waals surface area contributed by atoms with Gasteiger partial charge in [0.05, 0.1) is 12.1 Å². The maximum atomic E-state index is 10.4. The molecule has 4 N–H and O–H groups in total.